The molecule has 0 saturated carbocycles. The van der Waals surface area contributed by atoms with Crippen LogP contribution in [0.25, 0.3) is 0 Å². The van der Waals surface area contributed by atoms with Gasteiger partial charge < -0.3 is 15.2 Å². The van der Waals surface area contributed by atoms with Crippen molar-refractivity contribution in [2.75, 3.05) is 12.4 Å². The highest BCUT2D eigenvalue weighted by Gasteiger charge is 2.11. The molecule has 3 N–H and O–H groups in total. The summed E-state index contributed by atoms with van der Waals surface area (Å²) in [5.74, 6) is -2.93. The molecule has 2 amide bonds. The highest BCUT2D eigenvalue weighted by atomic mass is 19.2. The van der Waals surface area contributed by atoms with Crippen LogP contribution in [0.15, 0.2) is 59.7 Å². The van der Waals surface area contributed by atoms with Crippen molar-refractivity contribution in [2.45, 2.75) is 6.42 Å². The van der Waals surface area contributed by atoms with Gasteiger partial charge in [0.15, 0.2) is 11.6 Å². The number of benzene rings is 3. The number of amides is 2. The number of nitriles is 1. The molecule has 172 valence electrons. The quantitative estimate of drug-likeness (QED) is 0.365. The van der Waals surface area contributed by atoms with E-state index < -0.39 is 23.4 Å². The van der Waals surface area contributed by atoms with Gasteiger partial charge in [0, 0.05) is 22.9 Å². The van der Waals surface area contributed by atoms with Crippen LogP contribution in [0, 0.1) is 23.0 Å². The smallest absolute Gasteiger partial charge is 0.271 e. The van der Waals surface area contributed by atoms with Crippen LogP contribution in [-0.4, -0.2) is 30.2 Å². The topological polar surface area (TPSA) is 124 Å². The molecule has 0 atom stereocenters. The van der Waals surface area contributed by atoms with Crippen molar-refractivity contribution in [3.05, 3.63) is 88.5 Å². The summed E-state index contributed by atoms with van der Waals surface area (Å²) in [5.41, 5.74) is 3.61. The molecule has 3 rings (SSSR count). The van der Waals surface area contributed by atoms with Gasteiger partial charge in [0.05, 0.1) is 25.3 Å². The zero-order chi connectivity index (χ0) is 24.7. The molecule has 0 bridgehead atoms. The van der Waals surface area contributed by atoms with Crippen molar-refractivity contribution in [1.82, 2.24) is 5.43 Å². The van der Waals surface area contributed by atoms with Gasteiger partial charge in [0.2, 0.25) is 5.91 Å². The number of phenolic OH excluding ortho intramolecular Hbond substituents is 1. The number of aromatic hydroxyl groups is 1. The number of halogens is 2. The van der Waals surface area contributed by atoms with Crippen LogP contribution < -0.4 is 15.5 Å². The highest BCUT2D eigenvalue weighted by Crippen LogP contribution is 2.22. The number of nitrogens with zero attached hydrogens (tertiary/aromatic N) is 2. The zero-order valence-electron chi connectivity index (χ0n) is 17.8. The lowest BCUT2D eigenvalue weighted by atomic mass is 10.1. The van der Waals surface area contributed by atoms with Crippen molar-refractivity contribution >= 4 is 23.7 Å². The number of anilines is 1. The van der Waals surface area contributed by atoms with Crippen LogP contribution in [0.3, 0.4) is 0 Å². The maximum Gasteiger partial charge on any atom is 0.271 e. The van der Waals surface area contributed by atoms with Gasteiger partial charge in [-0.05, 0) is 48.0 Å². The standard InChI is InChI=1S/C24H18F2N4O4/c1-34-22-11-18(29-23(32)9-14-2-6-19(25)20(26)8-14)5-3-16(22)13-28-30-24(33)15-4-7-21(31)17(10-15)12-27/h2-8,10-11,13,31H,9H2,1H3,(H,29,32)(H,30,33). The van der Waals surface area contributed by atoms with Crippen molar-refractivity contribution in [1.29, 1.82) is 5.26 Å². The summed E-state index contributed by atoms with van der Waals surface area (Å²) in [6.45, 7) is 0. The number of nitrogens with one attached hydrogen (secondary N) is 2. The van der Waals surface area contributed by atoms with Gasteiger partial charge in [-0.15, -0.1) is 0 Å². The molecule has 34 heavy (non-hydrogen) atoms. The van der Waals surface area contributed by atoms with Crippen molar-refractivity contribution in [3.63, 3.8) is 0 Å². The lowest BCUT2D eigenvalue weighted by Crippen LogP contribution is -2.17. The predicted molar refractivity (Wildman–Crippen MR) is 120 cm³/mol. The summed E-state index contributed by atoms with van der Waals surface area (Å²) in [7, 11) is 1.41. The minimum Gasteiger partial charge on any atom is -0.507 e. The van der Waals surface area contributed by atoms with Crippen LogP contribution in [0.1, 0.15) is 27.0 Å². The predicted octanol–water partition coefficient (Wildman–Crippen LogP) is 3.50. The van der Waals surface area contributed by atoms with E-state index in [1.165, 1.54) is 43.7 Å². The minimum atomic E-state index is -1.03. The molecule has 0 radical (unpaired) electrons. The fourth-order valence-electron chi connectivity index (χ4n) is 2.93. The summed E-state index contributed by atoms with van der Waals surface area (Å²) in [5, 5.41) is 25.0. The van der Waals surface area contributed by atoms with E-state index in [4.69, 9.17) is 10.00 Å². The number of hydrogen-bond donors (Lipinski definition) is 3. The second-order valence-corrected chi connectivity index (χ2v) is 6.97. The molecule has 3 aromatic rings. The molecule has 0 unspecified atom stereocenters. The third-order valence-electron chi connectivity index (χ3n) is 4.61. The van der Waals surface area contributed by atoms with E-state index >= 15 is 0 Å². The Bertz CT molecular complexity index is 1320. The summed E-state index contributed by atoms with van der Waals surface area (Å²) >= 11 is 0. The average Bonchev–Trinajstić information content (AvgIpc) is 2.82. The number of hydrazone groups is 1. The van der Waals surface area contributed by atoms with E-state index in [0.29, 0.717) is 22.6 Å². The highest BCUT2D eigenvalue weighted by molar-refractivity contribution is 5.96. The molecule has 8 nitrogen and oxygen atoms in total. The van der Waals surface area contributed by atoms with Crippen molar-refractivity contribution in [3.8, 4) is 17.6 Å². The Morgan fingerprint density at radius 2 is 1.91 bits per heavy atom. The molecule has 0 aliphatic heterocycles. The average molecular weight is 464 g/mol. The monoisotopic (exact) mass is 464 g/mol. The van der Waals surface area contributed by atoms with Gasteiger partial charge in [0.1, 0.15) is 17.6 Å². The molecular weight excluding hydrogens is 446 g/mol. The molecule has 0 spiro atoms. The Balaban J connectivity index is 1.64. The second kappa shape index (κ2) is 10.7. The molecule has 10 heteroatoms. The molecular formula is C24H18F2N4O4. The summed E-state index contributed by atoms with van der Waals surface area (Å²) in [4.78, 5) is 24.4. The normalized spacial score (nSPS) is 10.5. The number of methoxy groups -OCH3 is 1. The van der Waals surface area contributed by atoms with Crippen molar-refractivity contribution in [2.24, 2.45) is 5.10 Å². The van der Waals surface area contributed by atoms with Gasteiger partial charge in [-0.2, -0.15) is 10.4 Å². The molecule has 0 heterocycles. The lowest BCUT2D eigenvalue weighted by molar-refractivity contribution is -0.115. The first-order valence-electron chi connectivity index (χ1n) is 9.79. The maximum atomic E-state index is 13.3. The van der Waals surface area contributed by atoms with E-state index in [9.17, 15) is 23.5 Å². The van der Waals surface area contributed by atoms with Gasteiger partial charge in [-0.1, -0.05) is 6.07 Å². The molecule has 0 saturated heterocycles. The van der Waals surface area contributed by atoms with Crippen LogP contribution >= 0.6 is 0 Å². The first kappa shape index (κ1) is 23.9. The lowest BCUT2D eigenvalue weighted by Gasteiger charge is -2.10. The van der Waals surface area contributed by atoms with Gasteiger partial charge in [-0.3, -0.25) is 9.59 Å². The third-order valence-corrected chi connectivity index (χ3v) is 4.61. The number of hydrogen-bond acceptors (Lipinski definition) is 6. The van der Waals surface area contributed by atoms with Crippen LogP contribution in [0.5, 0.6) is 11.5 Å². The van der Waals surface area contributed by atoms with E-state index in [1.807, 2.05) is 0 Å². The fraction of sp³-hybridized carbons (Fsp3) is 0.0833. The van der Waals surface area contributed by atoms with Gasteiger partial charge in [-0.25, -0.2) is 14.2 Å². The first-order valence-corrected chi connectivity index (χ1v) is 9.79. The number of rotatable bonds is 7. The van der Waals surface area contributed by atoms with E-state index in [-0.39, 0.29) is 23.3 Å². The second-order valence-electron chi connectivity index (χ2n) is 6.97. The largest absolute Gasteiger partial charge is 0.507 e. The first-order chi connectivity index (χ1) is 16.3. The maximum absolute atomic E-state index is 13.3. The van der Waals surface area contributed by atoms with E-state index in [1.54, 1.807) is 18.2 Å². The minimum absolute atomic E-state index is 0.0412. The number of carbonyl (C=O) groups is 2. The Kier molecular flexibility index (Phi) is 7.51. The Hall–Kier alpha value is -4.78. The van der Waals surface area contributed by atoms with Gasteiger partial charge in [0.25, 0.3) is 5.91 Å². The summed E-state index contributed by atoms with van der Waals surface area (Å²) < 4.78 is 31.6. The van der Waals surface area contributed by atoms with Gasteiger partial charge >= 0.3 is 0 Å². The van der Waals surface area contributed by atoms with Crippen LogP contribution in [0.4, 0.5) is 14.5 Å². The molecule has 0 fully saturated rings. The molecule has 0 aromatic heterocycles. The SMILES string of the molecule is COc1cc(NC(=O)Cc2ccc(F)c(F)c2)ccc1C=NNC(=O)c1ccc(O)c(C#N)c1. The fourth-order valence-corrected chi connectivity index (χ4v) is 2.93. The Morgan fingerprint density at radius 3 is 2.62 bits per heavy atom. The van der Waals surface area contributed by atoms with E-state index in [0.717, 1.165) is 12.1 Å². The molecule has 0 aliphatic carbocycles. The molecule has 3 aromatic carbocycles. The molecule has 0 aliphatic rings. The van der Waals surface area contributed by atoms with Crippen LogP contribution in [-0.2, 0) is 11.2 Å². The number of phenols is 1. The third kappa shape index (κ3) is 5.92. The summed E-state index contributed by atoms with van der Waals surface area (Å²) in [6.07, 6.45) is 1.18. The van der Waals surface area contributed by atoms with Crippen molar-refractivity contribution < 1.29 is 28.2 Å². The number of carbonyl (C=O) groups excluding carboxylic acids is 2. The van der Waals surface area contributed by atoms with E-state index in [2.05, 4.69) is 15.8 Å². The zero-order valence-corrected chi connectivity index (χ0v) is 17.8. The number of ether oxygens (including phenoxy) is 1. The Morgan fingerprint density at radius 1 is 1.12 bits per heavy atom. The summed E-state index contributed by atoms with van der Waals surface area (Å²) in [6, 6.07) is 13.5. The Labute approximate surface area is 193 Å². The van der Waals surface area contributed by atoms with Crippen LogP contribution in [0.2, 0.25) is 0 Å².